The molecule has 0 aliphatic carbocycles. The Labute approximate surface area is 211 Å². The second kappa shape index (κ2) is 9.11. The van der Waals surface area contributed by atoms with E-state index in [1.54, 1.807) is 6.07 Å². The van der Waals surface area contributed by atoms with Crippen molar-refractivity contribution in [3.05, 3.63) is 94.6 Å². The fourth-order valence-corrected chi connectivity index (χ4v) is 4.64. The minimum atomic E-state index is -0.317. The van der Waals surface area contributed by atoms with Gasteiger partial charge in [0.15, 0.2) is 0 Å². The summed E-state index contributed by atoms with van der Waals surface area (Å²) >= 11 is 0. The van der Waals surface area contributed by atoms with E-state index in [4.69, 9.17) is 5.73 Å². The Hall–Kier alpha value is -4.19. The van der Waals surface area contributed by atoms with E-state index in [9.17, 15) is 9.59 Å². The van der Waals surface area contributed by atoms with Crippen LogP contribution in [0.2, 0.25) is 0 Å². The zero-order valence-electron chi connectivity index (χ0n) is 20.8. The first-order chi connectivity index (χ1) is 17.2. The average Bonchev–Trinajstić information content (AvgIpc) is 3.19. The highest BCUT2D eigenvalue weighted by atomic mass is 16.2. The number of nitrogens with zero attached hydrogens (tertiary/aromatic N) is 2. The van der Waals surface area contributed by atoms with Gasteiger partial charge in [0.25, 0.3) is 11.8 Å². The first-order valence-corrected chi connectivity index (χ1v) is 12.1. The summed E-state index contributed by atoms with van der Waals surface area (Å²) in [5.74, 6) is 0.274. The van der Waals surface area contributed by atoms with E-state index >= 15 is 0 Å². The number of nitrogens with one attached hydrogen (secondary N) is 1. The topological polar surface area (TPSA) is 87.8 Å². The Bertz CT molecular complexity index is 1400. The van der Waals surface area contributed by atoms with Crippen molar-refractivity contribution in [2.75, 3.05) is 0 Å². The highest BCUT2D eigenvalue weighted by Gasteiger charge is 2.27. The molecule has 2 amide bonds. The van der Waals surface area contributed by atoms with Crippen LogP contribution < -0.4 is 11.1 Å². The lowest BCUT2D eigenvalue weighted by atomic mass is 9.99. The van der Waals surface area contributed by atoms with Gasteiger partial charge in [0.1, 0.15) is 5.84 Å². The lowest BCUT2D eigenvalue weighted by Gasteiger charge is -2.20. The maximum absolute atomic E-state index is 13.4. The Morgan fingerprint density at radius 1 is 0.917 bits per heavy atom. The van der Waals surface area contributed by atoms with Crippen molar-refractivity contribution >= 4 is 29.4 Å². The smallest absolute Gasteiger partial charge is 0.251 e. The van der Waals surface area contributed by atoms with E-state index in [1.165, 1.54) is 11.1 Å². The van der Waals surface area contributed by atoms with Gasteiger partial charge in [0.05, 0.1) is 5.69 Å². The fraction of sp³-hybridized carbons (Fsp3) is 0.233. The minimum absolute atomic E-state index is 0.0150. The summed E-state index contributed by atoms with van der Waals surface area (Å²) < 4.78 is 0. The van der Waals surface area contributed by atoms with Gasteiger partial charge in [-0.15, -0.1) is 0 Å². The quantitative estimate of drug-likeness (QED) is 0.542. The molecule has 3 aromatic carbocycles. The molecule has 6 nitrogen and oxygen atoms in total. The molecule has 2 aliphatic rings. The number of aliphatic imine (C=N–C) groups is 1. The van der Waals surface area contributed by atoms with Crippen molar-refractivity contribution in [2.45, 2.75) is 45.8 Å². The lowest BCUT2D eigenvalue weighted by Crippen LogP contribution is -2.40. The summed E-state index contributed by atoms with van der Waals surface area (Å²) in [6.45, 7) is 7.08. The molecule has 36 heavy (non-hydrogen) atoms. The molecular formula is C30H30N4O2. The molecule has 2 heterocycles. The number of benzene rings is 3. The number of amidine groups is 1. The van der Waals surface area contributed by atoms with Crippen LogP contribution in [-0.4, -0.2) is 28.1 Å². The molecule has 0 bridgehead atoms. The summed E-state index contributed by atoms with van der Waals surface area (Å²) in [7, 11) is 0. The van der Waals surface area contributed by atoms with Crippen LogP contribution in [0.4, 0.5) is 5.69 Å². The highest BCUT2D eigenvalue weighted by Crippen LogP contribution is 2.33. The zero-order chi connectivity index (χ0) is 25.4. The van der Waals surface area contributed by atoms with Crippen molar-refractivity contribution in [2.24, 2.45) is 10.7 Å². The predicted molar refractivity (Wildman–Crippen MR) is 144 cm³/mol. The van der Waals surface area contributed by atoms with Crippen LogP contribution in [0.15, 0.2) is 77.3 Å². The Kier molecular flexibility index (Phi) is 5.96. The van der Waals surface area contributed by atoms with Crippen LogP contribution >= 0.6 is 0 Å². The van der Waals surface area contributed by atoms with Crippen molar-refractivity contribution < 1.29 is 9.59 Å². The Balaban J connectivity index is 1.42. The SMILES string of the molecule is CC(C)(C)NC(=O)c1cccc(-c2ccc3c(c2)N=C(N)CC(C(=O)N2Cc4ccccc4C2)=C3)c1. The molecule has 0 spiro atoms. The summed E-state index contributed by atoms with van der Waals surface area (Å²) in [6.07, 6.45) is 2.21. The molecule has 0 atom stereocenters. The molecule has 3 N–H and O–H groups in total. The number of hydrogen-bond acceptors (Lipinski definition) is 4. The van der Waals surface area contributed by atoms with Gasteiger partial charge in [-0.3, -0.25) is 9.59 Å². The highest BCUT2D eigenvalue weighted by molar-refractivity contribution is 6.06. The molecule has 0 unspecified atom stereocenters. The monoisotopic (exact) mass is 478 g/mol. The Morgan fingerprint density at radius 3 is 2.31 bits per heavy atom. The number of carbonyl (C=O) groups excluding carboxylic acids is 2. The first-order valence-electron chi connectivity index (χ1n) is 12.1. The van der Waals surface area contributed by atoms with Crippen molar-refractivity contribution in [1.82, 2.24) is 10.2 Å². The van der Waals surface area contributed by atoms with Crippen molar-refractivity contribution in [3.8, 4) is 11.1 Å². The van der Waals surface area contributed by atoms with E-state index in [-0.39, 0.29) is 17.4 Å². The molecule has 0 aromatic heterocycles. The van der Waals surface area contributed by atoms with Gasteiger partial charge in [-0.05, 0) is 67.3 Å². The second-order valence-corrected chi connectivity index (χ2v) is 10.4. The molecule has 0 saturated carbocycles. The molecule has 182 valence electrons. The maximum atomic E-state index is 13.4. The van der Waals surface area contributed by atoms with Crippen LogP contribution in [0.3, 0.4) is 0 Å². The van der Waals surface area contributed by atoms with Crippen LogP contribution in [0.1, 0.15) is 54.2 Å². The largest absolute Gasteiger partial charge is 0.387 e. The predicted octanol–water partition coefficient (Wildman–Crippen LogP) is 5.20. The zero-order valence-corrected chi connectivity index (χ0v) is 20.8. The number of amides is 2. The van der Waals surface area contributed by atoms with Crippen LogP contribution in [0.25, 0.3) is 17.2 Å². The second-order valence-electron chi connectivity index (χ2n) is 10.4. The van der Waals surface area contributed by atoms with E-state index in [0.29, 0.717) is 42.2 Å². The van der Waals surface area contributed by atoms with E-state index in [1.807, 2.05) is 80.3 Å². The number of hydrogen-bond donors (Lipinski definition) is 2. The molecule has 5 rings (SSSR count). The number of rotatable bonds is 3. The van der Waals surface area contributed by atoms with Gasteiger partial charge in [-0.1, -0.05) is 48.5 Å². The Morgan fingerprint density at radius 2 is 1.61 bits per heavy atom. The van der Waals surface area contributed by atoms with Gasteiger partial charge in [-0.25, -0.2) is 4.99 Å². The third-order valence-electron chi connectivity index (χ3n) is 6.35. The lowest BCUT2D eigenvalue weighted by molar-refractivity contribution is -0.127. The minimum Gasteiger partial charge on any atom is -0.387 e. The standard InChI is InChI=1S/C30H30N4O2/c1-30(2,3)33-28(35)22-10-6-9-19(13-22)20-11-12-21-14-25(16-27(31)32-26(21)15-20)29(36)34-17-23-7-4-5-8-24(23)18-34/h4-15H,16-18H2,1-3H3,(H2,31,32)(H,33,35). The normalized spacial score (nSPS) is 14.8. The van der Waals surface area contributed by atoms with Gasteiger partial charge < -0.3 is 16.0 Å². The van der Waals surface area contributed by atoms with Crippen molar-refractivity contribution in [1.29, 1.82) is 0 Å². The maximum Gasteiger partial charge on any atom is 0.251 e. The van der Waals surface area contributed by atoms with E-state index < -0.39 is 0 Å². The molecule has 3 aromatic rings. The van der Waals surface area contributed by atoms with Gasteiger partial charge >= 0.3 is 0 Å². The molecular weight excluding hydrogens is 448 g/mol. The third-order valence-corrected chi connectivity index (χ3v) is 6.35. The van der Waals surface area contributed by atoms with Gasteiger partial charge in [-0.2, -0.15) is 0 Å². The first kappa shape index (κ1) is 23.5. The summed E-state index contributed by atoms with van der Waals surface area (Å²) in [5.41, 5.74) is 12.9. The van der Waals surface area contributed by atoms with Crippen LogP contribution in [0.5, 0.6) is 0 Å². The molecule has 0 fully saturated rings. The molecule has 6 heteroatoms. The molecule has 0 radical (unpaired) electrons. The van der Waals surface area contributed by atoms with Gasteiger partial charge in [0, 0.05) is 41.7 Å². The molecule has 0 saturated heterocycles. The van der Waals surface area contributed by atoms with Crippen LogP contribution in [0, 0.1) is 0 Å². The summed E-state index contributed by atoms with van der Waals surface area (Å²) in [5, 5.41) is 3.00. The summed E-state index contributed by atoms with van der Waals surface area (Å²) in [4.78, 5) is 32.5. The number of carbonyl (C=O) groups is 2. The van der Waals surface area contributed by atoms with E-state index in [2.05, 4.69) is 22.4 Å². The average molecular weight is 479 g/mol. The number of nitrogens with two attached hydrogens (primary N) is 1. The summed E-state index contributed by atoms with van der Waals surface area (Å²) in [6, 6.07) is 21.6. The van der Waals surface area contributed by atoms with E-state index in [0.717, 1.165) is 16.7 Å². The number of fused-ring (bicyclic) bond motifs is 2. The van der Waals surface area contributed by atoms with Gasteiger partial charge in [0.2, 0.25) is 0 Å². The van der Waals surface area contributed by atoms with Crippen LogP contribution in [-0.2, 0) is 17.9 Å². The molecule has 2 aliphatic heterocycles. The third kappa shape index (κ3) is 4.93. The fourth-order valence-electron chi connectivity index (χ4n) is 4.64. The van der Waals surface area contributed by atoms with Crippen molar-refractivity contribution in [3.63, 3.8) is 0 Å².